The van der Waals surface area contributed by atoms with Crippen LogP contribution in [0.4, 0.5) is 10.1 Å². The Bertz CT molecular complexity index is 640. The van der Waals surface area contributed by atoms with Crippen LogP contribution in [0.1, 0.15) is 27.2 Å². The Labute approximate surface area is 116 Å². The lowest BCUT2D eigenvalue weighted by atomic mass is 10.1. The monoisotopic (exact) mass is 276 g/mol. The lowest BCUT2D eigenvalue weighted by molar-refractivity contribution is 0.0950. The molecule has 0 saturated carbocycles. The number of anilines is 1. The van der Waals surface area contributed by atoms with Crippen LogP contribution in [0.2, 0.25) is 0 Å². The molecule has 0 fully saturated rings. The summed E-state index contributed by atoms with van der Waals surface area (Å²) in [5.41, 5.74) is 8.27. The second kappa shape index (κ2) is 5.32. The predicted molar refractivity (Wildman–Crippen MR) is 74.7 cm³/mol. The minimum absolute atomic E-state index is 0.215. The summed E-state index contributed by atoms with van der Waals surface area (Å²) in [6.07, 6.45) is 1.83. The molecule has 0 aliphatic rings. The molecule has 6 heteroatoms. The molecule has 0 saturated heterocycles. The van der Waals surface area contributed by atoms with Gasteiger partial charge in [0.1, 0.15) is 5.82 Å². The van der Waals surface area contributed by atoms with Gasteiger partial charge in [-0.25, -0.2) is 4.39 Å². The number of halogens is 1. The van der Waals surface area contributed by atoms with Crippen LogP contribution in [-0.4, -0.2) is 15.7 Å². The molecule has 5 nitrogen and oxygen atoms in total. The van der Waals surface area contributed by atoms with Gasteiger partial charge in [-0.05, 0) is 26.0 Å². The van der Waals surface area contributed by atoms with Crippen molar-refractivity contribution in [2.24, 2.45) is 7.05 Å². The van der Waals surface area contributed by atoms with Crippen molar-refractivity contribution >= 4 is 11.6 Å². The highest BCUT2D eigenvalue weighted by molar-refractivity contribution is 5.95. The summed E-state index contributed by atoms with van der Waals surface area (Å²) in [6.45, 7) is 3.78. The van der Waals surface area contributed by atoms with Crippen LogP contribution in [0.5, 0.6) is 0 Å². The fourth-order valence-corrected chi connectivity index (χ4v) is 1.93. The van der Waals surface area contributed by atoms with Crippen molar-refractivity contribution in [3.05, 3.63) is 46.5 Å². The van der Waals surface area contributed by atoms with E-state index in [4.69, 9.17) is 5.73 Å². The molecule has 0 radical (unpaired) electrons. The number of carbonyl (C=O) groups is 1. The molecule has 1 aromatic carbocycles. The number of aromatic nitrogens is 2. The van der Waals surface area contributed by atoms with E-state index in [1.165, 1.54) is 12.1 Å². The molecule has 2 rings (SSSR count). The number of nitrogens with two attached hydrogens (primary N) is 1. The number of carbonyl (C=O) groups excluding carboxylic acids is 1. The van der Waals surface area contributed by atoms with E-state index >= 15 is 0 Å². The maximum Gasteiger partial charge on any atom is 0.251 e. The number of benzene rings is 1. The van der Waals surface area contributed by atoms with Crippen molar-refractivity contribution < 1.29 is 9.18 Å². The van der Waals surface area contributed by atoms with E-state index in [1.807, 2.05) is 20.2 Å². The first kappa shape index (κ1) is 14.0. The Hall–Kier alpha value is -2.37. The number of aryl methyl sites for hydroxylation is 2. The first-order valence-electron chi connectivity index (χ1n) is 6.21. The molecule has 106 valence electrons. The predicted octanol–water partition coefficient (Wildman–Crippen LogP) is 1.69. The van der Waals surface area contributed by atoms with Gasteiger partial charge in [-0.15, -0.1) is 0 Å². The van der Waals surface area contributed by atoms with Crippen molar-refractivity contribution in [2.75, 3.05) is 5.73 Å². The molecule has 0 unspecified atom stereocenters. The minimum Gasteiger partial charge on any atom is -0.398 e. The number of amides is 1. The van der Waals surface area contributed by atoms with Crippen molar-refractivity contribution in [2.45, 2.75) is 20.4 Å². The largest absolute Gasteiger partial charge is 0.398 e. The Morgan fingerprint density at radius 3 is 2.70 bits per heavy atom. The Morgan fingerprint density at radius 2 is 2.15 bits per heavy atom. The van der Waals surface area contributed by atoms with Gasteiger partial charge in [0.15, 0.2) is 0 Å². The fourth-order valence-electron chi connectivity index (χ4n) is 1.93. The topological polar surface area (TPSA) is 72.9 Å². The van der Waals surface area contributed by atoms with Gasteiger partial charge in [0, 0.05) is 42.2 Å². The van der Waals surface area contributed by atoms with E-state index in [1.54, 1.807) is 11.6 Å². The first-order chi connectivity index (χ1) is 9.38. The maximum atomic E-state index is 13.6. The van der Waals surface area contributed by atoms with E-state index in [9.17, 15) is 9.18 Å². The number of nitrogens with zero attached hydrogens (tertiary/aromatic N) is 2. The van der Waals surface area contributed by atoms with Crippen LogP contribution in [0.25, 0.3) is 0 Å². The minimum atomic E-state index is -0.479. The number of nitrogens with one attached hydrogen (secondary N) is 1. The second-order valence-electron chi connectivity index (χ2n) is 4.77. The van der Waals surface area contributed by atoms with E-state index in [0.717, 1.165) is 11.3 Å². The van der Waals surface area contributed by atoms with Crippen molar-refractivity contribution in [3.63, 3.8) is 0 Å². The van der Waals surface area contributed by atoms with Gasteiger partial charge in [0.25, 0.3) is 5.91 Å². The average Bonchev–Trinajstić information content (AvgIpc) is 2.70. The van der Waals surface area contributed by atoms with E-state index in [0.29, 0.717) is 12.1 Å². The summed E-state index contributed by atoms with van der Waals surface area (Å²) in [5, 5.41) is 6.92. The highest BCUT2D eigenvalue weighted by Crippen LogP contribution is 2.17. The fraction of sp³-hybridized carbons (Fsp3) is 0.286. The summed E-state index contributed by atoms with van der Waals surface area (Å²) in [4.78, 5) is 12.0. The third-order valence-electron chi connectivity index (χ3n) is 3.20. The molecule has 20 heavy (non-hydrogen) atoms. The molecular formula is C14H17FN4O. The van der Waals surface area contributed by atoms with Gasteiger partial charge in [0.05, 0.1) is 5.69 Å². The molecule has 1 heterocycles. The number of rotatable bonds is 3. The summed E-state index contributed by atoms with van der Waals surface area (Å²) >= 11 is 0. The lowest BCUT2D eigenvalue weighted by Gasteiger charge is -2.07. The molecule has 0 spiro atoms. The normalized spacial score (nSPS) is 10.6. The van der Waals surface area contributed by atoms with Gasteiger partial charge >= 0.3 is 0 Å². The second-order valence-corrected chi connectivity index (χ2v) is 4.77. The molecular weight excluding hydrogens is 259 g/mol. The van der Waals surface area contributed by atoms with E-state index < -0.39 is 5.82 Å². The zero-order chi connectivity index (χ0) is 14.9. The summed E-state index contributed by atoms with van der Waals surface area (Å²) in [6, 6.07) is 2.67. The average molecular weight is 276 g/mol. The molecule has 0 atom stereocenters. The van der Waals surface area contributed by atoms with Crippen LogP contribution in [-0.2, 0) is 13.6 Å². The van der Waals surface area contributed by atoms with Crippen LogP contribution in [0, 0.1) is 19.7 Å². The lowest BCUT2D eigenvalue weighted by Crippen LogP contribution is -2.23. The third-order valence-corrected chi connectivity index (χ3v) is 3.20. The zero-order valence-corrected chi connectivity index (χ0v) is 11.7. The number of hydrogen-bond acceptors (Lipinski definition) is 3. The van der Waals surface area contributed by atoms with Crippen LogP contribution in [0.3, 0.4) is 0 Å². The van der Waals surface area contributed by atoms with Crippen molar-refractivity contribution in [3.8, 4) is 0 Å². The Kier molecular flexibility index (Phi) is 3.74. The van der Waals surface area contributed by atoms with Crippen LogP contribution in [0.15, 0.2) is 18.3 Å². The van der Waals surface area contributed by atoms with Crippen molar-refractivity contribution in [1.29, 1.82) is 0 Å². The molecule has 0 aliphatic carbocycles. The molecule has 1 amide bonds. The van der Waals surface area contributed by atoms with Crippen LogP contribution < -0.4 is 11.1 Å². The SMILES string of the molecule is Cc1nn(C)cc1CNC(=O)c1cc(N)c(C)c(F)c1. The standard InChI is InChI=1S/C14H17FN4O/c1-8-12(15)4-10(5-13(8)16)14(20)17-6-11-7-19(3)18-9(11)2/h4-5,7H,6,16H2,1-3H3,(H,17,20). The maximum absolute atomic E-state index is 13.6. The van der Waals surface area contributed by atoms with Crippen LogP contribution >= 0.6 is 0 Å². The quantitative estimate of drug-likeness (QED) is 0.838. The highest BCUT2D eigenvalue weighted by atomic mass is 19.1. The van der Waals surface area contributed by atoms with Gasteiger partial charge in [-0.3, -0.25) is 9.48 Å². The molecule has 3 N–H and O–H groups in total. The number of hydrogen-bond donors (Lipinski definition) is 2. The smallest absolute Gasteiger partial charge is 0.251 e. The number of nitrogen functional groups attached to an aromatic ring is 1. The first-order valence-corrected chi connectivity index (χ1v) is 6.21. The Morgan fingerprint density at radius 1 is 1.45 bits per heavy atom. The van der Waals surface area contributed by atoms with E-state index in [-0.39, 0.29) is 17.2 Å². The molecule has 0 aliphatic heterocycles. The summed E-state index contributed by atoms with van der Waals surface area (Å²) < 4.78 is 15.2. The van der Waals surface area contributed by atoms with E-state index in [2.05, 4.69) is 10.4 Å². The molecule has 0 bridgehead atoms. The summed E-state index contributed by atoms with van der Waals surface area (Å²) in [7, 11) is 1.81. The van der Waals surface area contributed by atoms with Gasteiger partial charge in [-0.1, -0.05) is 0 Å². The van der Waals surface area contributed by atoms with Crippen molar-refractivity contribution in [1.82, 2.24) is 15.1 Å². The third kappa shape index (κ3) is 2.79. The zero-order valence-electron chi connectivity index (χ0n) is 11.7. The van der Waals surface area contributed by atoms with Gasteiger partial charge in [0.2, 0.25) is 0 Å². The highest BCUT2D eigenvalue weighted by Gasteiger charge is 2.12. The van der Waals surface area contributed by atoms with Gasteiger partial charge in [-0.2, -0.15) is 5.10 Å². The summed E-state index contributed by atoms with van der Waals surface area (Å²) in [5.74, 6) is -0.841. The van der Waals surface area contributed by atoms with Gasteiger partial charge < -0.3 is 11.1 Å². The molecule has 2 aromatic rings. The Balaban J connectivity index is 2.11. The molecule has 1 aromatic heterocycles.